The van der Waals surface area contributed by atoms with Gasteiger partial charge in [0.05, 0.1) is 23.7 Å². The van der Waals surface area contributed by atoms with Crippen molar-refractivity contribution in [2.75, 3.05) is 18.9 Å². The van der Waals surface area contributed by atoms with E-state index in [1.54, 1.807) is 17.2 Å². The quantitative estimate of drug-likeness (QED) is 0.769. The summed E-state index contributed by atoms with van der Waals surface area (Å²) in [6.07, 6.45) is 3.83. The molecule has 2 rings (SSSR count). The first-order valence-electron chi connectivity index (χ1n) is 8.75. The van der Waals surface area contributed by atoms with Gasteiger partial charge in [-0.05, 0) is 44.5 Å². The molecule has 0 aliphatic rings. The lowest BCUT2D eigenvalue weighted by molar-refractivity contribution is 0.0787. The van der Waals surface area contributed by atoms with Gasteiger partial charge in [-0.15, -0.1) is 0 Å². The monoisotopic (exact) mass is 341 g/mol. The zero-order valence-electron chi connectivity index (χ0n) is 15.5. The van der Waals surface area contributed by atoms with E-state index in [2.05, 4.69) is 17.2 Å². The molecule has 1 aromatic heterocycles. The lowest BCUT2D eigenvalue weighted by Gasteiger charge is -2.17. The van der Waals surface area contributed by atoms with Crippen LogP contribution in [0.15, 0.2) is 42.6 Å². The van der Waals surface area contributed by atoms with E-state index in [1.807, 2.05) is 51.2 Å². The topological polar surface area (TPSA) is 54.5 Å². The number of nitrogens with one attached hydrogen (secondary N) is 1. The Morgan fingerprint density at radius 1 is 1.24 bits per heavy atom. The summed E-state index contributed by atoms with van der Waals surface area (Å²) in [5.74, 6) is 0.737. The molecule has 0 spiro atoms. The van der Waals surface area contributed by atoms with Crippen LogP contribution >= 0.6 is 0 Å². The highest BCUT2D eigenvalue weighted by atomic mass is 16.5. The number of rotatable bonds is 8. The van der Waals surface area contributed by atoms with E-state index in [4.69, 9.17) is 4.74 Å². The van der Waals surface area contributed by atoms with Crippen molar-refractivity contribution in [3.8, 4) is 5.75 Å². The molecule has 5 nitrogen and oxygen atoms in total. The van der Waals surface area contributed by atoms with Crippen LogP contribution in [0.3, 0.4) is 0 Å². The molecule has 25 heavy (non-hydrogen) atoms. The van der Waals surface area contributed by atoms with Crippen LogP contribution in [0.1, 0.15) is 44.1 Å². The predicted octanol–water partition coefficient (Wildman–Crippen LogP) is 4.48. The summed E-state index contributed by atoms with van der Waals surface area (Å²) in [6, 6.07) is 11.4. The highest BCUT2D eigenvalue weighted by Crippen LogP contribution is 2.28. The van der Waals surface area contributed by atoms with Crippen LogP contribution < -0.4 is 10.1 Å². The Kier molecular flexibility index (Phi) is 6.81. The van der Waals surface area contributed by atoms with Crippen molar-refractivity contribution < 1.29 is 9.53 Å². The minimum atomic E-state index is -0.0523. The zero-order valence-corrected chi connectivity index (χ0v) is 15.5. The number of ether oxygens (including phenoxy) is 1. The Morgan fingerprint density at radius 2 is 2.00 bits per heavy atom. The number of hydrogen-bond acceptors (Lipinski definition) is 4. The van der Waals surface area contributed by atoms with Gasteiger partial charge in [-0.1, -0.05) is 25.5 Å². The number of para-hydroxylation sites is 2. The van der Waals surface area contributed by atoms with Gasteiger partial charge in [-0.2, -0.15) is 0 Å². The van der Waals surface area contributed by atoms with Crippen LogP contribution in [-0.4, -0.2) is 35.5 Å². The number of carbonyl (C=O) groups is 1. The van der Waals surface area contributed by atoms with Crippen molar-refractivity contribution in [1.82, 2.24) is 9.88 Å². The van der Waals surface area contributed by atoms with Crippen molar-refractivity contribution in [2.45, 2.75) is 39.7 Å². The smallest absolute Gasteiger partial charge is 0.272 e. The fourth-order valence-electron chi connectivity index (χ4n) is 2.37. The number of anilines is 2. The average molecular weight is 341 g/mol. The van der Waals surface area contributed by atoms with E-state index in [-0.39, 0.29) is 12.0 Å². The normalized spacial score (nSPS) is 10.6. The average Bonchev–Trinajstić information content (AvgIpc) is 2.61. The summed E-state index contributed by atoms with van der Waals surface area (Å²) in [5, 5.41) is 3.30. The van der Waals surface area contributed by atoms with Crippen molar-refractivity contribution >= 4 is 17.3 Å². The van der Waals surface area contributed by atoms with Gasteiger partial charge in [-0.3, -0.25) is 4.79 Å². The Hall–Kier alpha value is -2.56. The second kappa shape index (κ2) is 9.06. The molecule has 0 atom stereocenters. The first kappa shape index (κ1) is 18.8. The third kappa shape index (κ3) is 5.48. The van der Waals surface area contributed by atoms with Gasteiger partial charge in [0, 0.05) is 13.6 Å². The van der Waals surface area contributed by atoms with E-state index in [1.165, 1.54) is 0 Å². The first-order chi connectivity index (χ1) is 12.0. The standard InChI is InChI=1S/C20H27N3O2/c1-5-6-13-23(4)20(24)18-12-11-16(14-21-18)22-17-9-7-8-10-19(17)25-15(2)3/h7-12,14-15,22H,5-6,13H2,1-4H3. The molecule has 2 aromatic rings. The maximum Gasteiger partial charge on any atom is 0.272 e. The van der Waals surface area contributed by atoms with E-state index < -0.39 is 0 Å². The first-order valence-corrected chi connectivity index (χ1v) is 8.75. The highest BCUT2D eigenvalue weighted by Gasteiger charge is 2.13. The van der Waals surface area contributed by atoms with Gasteiger partial charge in [0.1, 0.15) is 11.4 Å². The molecule has 1 heterocycles. The molecule has 0 saturated carbocycles. The molecule has 0 radical (unpaired) electrons. The molecule has 0 saturated heterocycles. The Bertz CT molecular complexity index is 684. The number of hydrogen-bond donors (Lipinski definition) is 1. The molecular formula is C20H27N3O2. The lowest BCUT2D eigenvalue weighted by atomic mass is 10.2. The minimum absolute atomic E-state index is 0.0523. The van der Waals surface area contributed by atoms with Crippen molar-refractivity contribution in [2.24, 2.45) is 0 Å². The number of unbranched alkanes of at least 4 members (excludes halogenated alkanes) is 1. The molecule has 1 aromatic carbocycles. The van der Waals surface area contributed by atoms with Crippen LogP contribution in [0.2, 0.25) is 0 Å². The van der Waals surface area contributed by atoms with Gasteiger partial charge >= 0.3 is 0 Å². The van der Waals surface area contributed by atoms with Crippen LogP contribution in [0, 0.1) is 0 Å². The van der Waals surface area contributed by atoms with Gasteiger partial charge in [0.25, 0.3) is 5.91 Å². The number of carbonyl (C=O) groups excluding carboxylic acids is 1. The summed E-state index contributed by atoms with van der Waals surface area (Å²) in [7, 11) is 1.81. The van der Waals surface area contributed by atoms with Crippen molar-refractivity contribution in [3.63, 3.8) is 0 Å². The van der Waals surface area contributed by atoms with E-state index in [9.17, 15) is 4.79 Å². The summed E-state index contributed by atoms with van der Waals surface area (Å²) < 4.78 is 5.80. The molecule has 0 bridgehead atoms. The van der Waals surface area contributed by atoms with Crippen LogP contribution in [0.4, 0.5) is 11.4 Å². The van der Waals surface area contributed by atoms with Gasteiger partial charge in [0.15, 0.2) is 0 Å². The second-order valence-corrected chi connectivity index (χ2v) is 6.30. The third-order valence-electron chi connectivity index (χ3n) is 3.71. The minimum Gasteiger partial charge on any atom is -0.489 e. The molecule has 0 fully saturated rings. The number of aromatic nitrogens is 1. The molecule has 0 unspecified atom stereocenters. The van der Waals surface area contributed by atoms with Gasteiger partial charge in [0.2, 0.25) is 0 Å². The summed E-state index contributed by atoms with van der Waals surface area (Å²) in [6.45, 7) is 6.84. The molecule has 0 aliphatic heterocycles. The van der Waals surface area contributed by atoms with Crippen LogP contribution in [0.5, 0.6) is 5.75 Å². The molecule has 1 N–H and O–H groups in total. The van der Waals surface area contributed by atoms with E-state index in [0.717, 1.165) is 36.5 Å². The third-order valence-corrected chi connectivity index (χ3v) is 3.71. The summed E-state index contributed by atoms with van der Waals surface area (Å²) in [5.41, 5.74) is 2.14. The molecule has 1 amide bonds. The van der Waals surface area contributed by atoms with Crippen molar-refractivity contribution in [3.05, 3.63) is 48.3 Å². The molecule has 0 aliphatic carbocycles. The van der Waals surface area contributed by atoms with E-state index >= 15 is 0 Å². The molecule has 134 valence electrons. The van der Waals surface area contributed by atoms with Crippen molar-refractivity contribution in [1.29, 1.82) is 0 Å². The molecule has 5 heteroatoms. The number of amides is 1. The molecular weight excluding hydrogens is 314 g/mol. The second-order valence-electron chi connectivity index (χ2n) is 6.30. The fourth-order valence-corrected chi connectivity index (χ4v) is 2.37. The summed E-state index contributed by atoms with van der Waals surface area (Å²) >= 11 is 0. The lowest BCUT2D eigenvalue weighted by Crippen LogP contribution is -2.28. The van der Waals surface area contributed by atoms with Crippen LogP contribution in [0.25, 0.3) is 0 Å². The zero-order chi connectivity index (χ0) is 18.2. The highest BCUT2D eigenvalue weighted by molar-refractivity contribution is 5.92. The van der Waals surface area contributed by atoms with Gasteiger partial charge in [-0.25, -0.2) is 4.98 Å². The Morgan fingerprint density at radius 3 is 2.64 bits per heavy atom. The number of nitrogens with zero attached hydrogens (tertiary/aromatic N) is 2. The summed E-state index contributed by atoms with van der Waals surface area (Å²) in [4.78, 5) is 18.3. The Balaban J connectivity index is 2.07. The predicted molar refractivity (Wildman–Crippen MR) is 102 cm³/mol. The van der Waals surface area contributed by atoms with Gasteiger partial charge < -0.3 is 15.0 Å². The maximum absolute atomic E-state index is 12.3. The number of pyridine rings is 1. The SMILES string of the molecule is CCCCN(C)C(=O)c1ccc(Nc2ccccc2OC(C)C)cn1. The fraction of sp³-hybridized carbons (Fsp3) is 0.400. The largest absolute Gasteiger partial charge is 0.489 e. The van der Waals surface area contributed by atoms with E-state index in [0.29, 0.717) is 5.69 Å². The Labute approximate surface area is 150 Å². The number of benzene rings is 1. The van der Waals surface area contributed by atoms with Crippen LogP contribution in [-0.2, 0) is 0 Å². The maximum atomic E-state index is 12.3.